The summed E-state index contributed by atoms with van der Waals surface area (Å²) in [5.41, 5.74) is 0.710. The number of nitrogens with one attached hydrogen (secondary N) is 2. The van der Waals surface area contributed by atoms with Gasteiger partial charge in [0.2, 0.25) is 5.91 Å². The van der Waals surface area contributed by atoms with Crippen molar-refractivity contribution in [3.05, 3.63) is 70.9 Å². The Morgan fingerprint density at radius 1 is 0.884 bits per heavy atom. The number of alkyl halides is 6. The maximum Gasteiger partial charge on any atom is 0.416 e. The van der Waals surface area contributed by atoms with Crippen LogP contribution in [-0.2, 0) is 23.6 Å². The summed E-state index contributed by atoms with van der Waals surface area (Å²) in [4.78, 5) is 35.0. The first-order chi connectivity index (χ1) is 20.3. The van der Waals surface area contributed by atoms with Crippen molar-refractivity contribution in [2.75, 3.05) is 59.4 Å². The van der Waals surface area contributed by atoms with Crippen LogP contribution in [0.3, 0.4) is 0 Å². The molecule has 3 heterocycles. The lowest BCUT2D eigenvalue weighted by atomic mass is 10.0. The molecule has 5 rings (SSSR count). The predicted molar refractivity (Wildman–Crippen MR) is 147 cm³/mol. The number of rotatable bonds is 6. The number of carbonyl (C=O) groups is 2. The van der Waals surface area contributed by atoms with Crippen molar-refractivity contribution in [2.24, 2.45) is 0 Å². The molecular weight excluding hydrogens is 578 g/mol. The number of amides is 2. The summed E-state index contributed by atoms with van der Waals surface area (Å²) < 4.78 is 81.1. The number of aromatic nitrogens is 1. The molecule has 232 valence electrons. The van der Waals surface area contributed by atoms with Crippen molar-refractivity contribution in [3.8, 4) is 0 Å². The Labute approximate surface area is 244 Å². The van der Waals surface area contributed by atoms with Gasteiger partial charge in [-0.2, -0.15) is 26.3 Å². The zero-order valence-corrected chi connectivity index (χ0v) is 23.4. The molecule has 2 N–H and O–H groups in total. The molecule has 0 radical (unpaired) electrons. The highest BCUT2D eigenvalue weighted by Crippen LogP contribution is 2.37. The smallest absolute Gasteiger partial charge is 0.358 e. The monoisotopic (exact) mass is 610 g/mol. The lowest BCUT2D eigenvalue weighted by Gasteiger charge is -2.41. The second-order valence-corrected chi connectivity index (χ2v) is 11.1. The molecule has 0 bridgehead atoms. The molecule has 0 spiro atoms. The van der Waals surface area contributed by atoms with Gasteiger partial charge in [0.05, 0.1) is 23.7 Å². The first-order valence-electron chi connectivity index (χ1n) is 13.9. The fourth-order valence-electron chi connectivity index (χ4n) is 5.58. The summed E-state index contributed by atoms with van der Waals surface area (Å²) in [6.45, 7) is 3.41. The van der Waals surface area contributed by atoms with Gasteiger partial charge in [-0.1, -0.05) is 18.2 Å². The maximum absolute atomic E-state index is 13.6. The van der Waals surface area contributed by atoms with Crippen LogP contribution in [0.2, 0.25) is 0 Å². The molecule has 2 saturated heterocycles. The summed E-state index contributed by atoms with van der Waals surface area (Å²) in [6.07, 6.45) is -9.89. The third-order valence-electron chi connectivity index (χ3n) is 7.86. The first kappa shape index (κ1) is 30.8. The molecule has 0 aliphatic carbocycles. The average molecular weight is 611 g/mol. The molecule has 1 atom stereocenters. The van der Waals surface area contributed by atoms with E-state index in [0.717, 1.165) is 29.7 Å². The van der Waals surface area contributed by atoms with Gasteiger partial charge in [-0.15, -0.1) is 0 Å². The Balaban J connectivity index is 1.38. The third-order valence-corrected chi connectivity index (χ3v) is 7.86. The van der Waals surface area contributed by atoms with E-state index in [0.29, 0.717) is 25.2 Å². The van der Waals surface area contributed by atoms with Crippen molar-refractivity contribution < 1.29 is 35.9 Å². The number of fused-ring (bicyclic) bond motifs is 1. The second-order valence-electron chi connectivity index (χ2n) is 11.1. The summed E-state index contributed by atoms with van der Waals surface area (Å²) in [5, 5.41) is 2.76. The van der Waals surface area contributed by atoms with Crippen LogP contribution in [-0.4, -0.2) is 102 Å². The Morgan fingerprint density at radius 2 is 1.53 bits per heavy atom. The topological polar surface area (TPSA) is 74.9 Å². The van der Waals surface area contributed by atoms with E-state index < -0.39 is 41.0 Å². The summed E-state index contributed by atoms with van der Waals surface area (Å²) in [5.74, 6) is -1.17. The van der Waals surface area contributed by atoms with Crippen LogP contribution in [0, 0.1) is 0 Å². The van der Waals surface area contributed by atoms with Crippen molar-refractivity contribution in [1.82, 2.24) is 30.1 Å². The van der Waals surface area contributed by atoms with Gasteiger partial charge < -0.3 is 14.8 Å². The Morgan fingerprint density at radius 3 is 2.16 bits per heavy atom. The second kappa shape index (κ2) is 12.2. The molecule has 2 aliphatic heterocycles. The fourth-order valence-corrected chi connectivity index (χ4v) is 5.58. The van der Waals surface area contributed by atoms with Gasteiger partial charge in [-0.3, -0.25) is 19.9 Å². The van der Waals surface area contributed by atoms with Gasteiger partial charge in [0.25, 0.3) is 5.91 Å². The molecule has 0 unspecified atom stereocenters. The number of carbonyl (C=O) groups excluding carboxylic acids is 2. The zero-order chi connectivity index (χ0) is 30.9. The molecule has 43 heavy (non-hydrogen) atoms. The van der Waals surface area contributed by atoms with Gasteiger partial charge in [-0.05, 0) is 42.8 Å². The highest BCUT2D eigenvalue weighted by Gasteiger charge is 2.39. The fraction of sp³-hybridized carbons (Fsp3) is 0.448. The number of hydrogen-bond acceptors (Lipinski definition) is 5. The molecule has 2 fully saturated rings. The zero-order valence-electron chi connectivity index (χ0n) is 23.4. The molecule has 1 aromatic heterocycles. The van der Waals surface area contributed by atoms with Gasteiger partial charge in [0.15, 0.2) is 0 Å². The van der Waals surface area contributed by atoms with E-state index in [1.54, 1.807) is 0 Å². The van der Waals surface area contributed by atoms with Crippen molar-refractivity contribution in [3.63, 3.8) is 0 Å². The number of hydrazine groups is 1. The predicted octanol–water partition coefficient (Wildman–Crippen LogP) is 3.85. The number of nitrogens with zero attached hydrogens (tertiary/aromatic N) is 4. The van der Waals surface area contributed by atoms with E-state index in [2.05, 4.69) is 15.3 Å². The van der Waals surface area contributed by atoms with Gasteiger partial charge in [-0.25, -0.2) is 5.01 Å². The third kappa shape index (κ3) is 7.48. The first-order valence-corrected chi connectivity index (χ1v) is 13.9. The van der Waals surface area contributed by atoms with Crippen molar-refractivity contribution in [1.29, 1.82) is 0 Å². The number of benzene rings is 2. The molecule has 0 saturated carbocycles. The van der Waals surface area contributed by atoms with E-state index in [4.69, 9.17) is 0 Å². The number of para-hydroxylation sites is 1. The molecule has 8 nitrogen and oxygen atoms in total. The Kier molecular flexibility index (Phi) is 8.72. The molecule has 14 heteroatoms. The number of aromatic amines is 1. The SMILES string of the molecule is CN1CCN(NC(=O)CN2CCN(C(=O)c3cc(C(F)(F)F)cc(C(F)(F)F)c3)[C@H](Cc3cc4ccccc4[nH]3)C2)CC1. The number of piperazine rings is 2. The van der Waals surface area contributed by atoms with E-state index in [1.165, 1.54) is 4.90 Å². The molecular formula is C29H32F6N6O2. The minimum absolute atomic E-state index is 0.00959. The van der Waals surface area contributed by atoms with E-state index in [-0.39, 0.29) is 44.6 Å². The lowest BCUT2D eigenvalue weighted by molar-refractivity contribution is -0.143. The quantitative estimate of drug-likeness (QED) is 0.415. The van der Waals surface area contributed by atoms with E-state index in [1.807, 2.05) is 47.3 Å². The number of H-pyrrole nitrogens is 1. The van der Waals surface area contributed by atoms with Crippen LogP contribution >= 0.6 is 0 Å². The van der Waals surface area contributed by atoms with Crippen molar-refractivity contribution >= 4 is 22.7 Å². The Bertz CT molecular complexity index is 1400. The largest absolute Gasteiger partial charge is 0.416 e. The lowest BCUT2D eigenvalue weighted by Crippen LogP contribution is -2.59. The average Bonchev–Trinajstić information content (AvgIpc) is 3.35. The number of likely N-dealkylation sites (N-methyl/N-ethyl adjacent to an activating group) is 1. The van der Waals surface area contributed by atoms with Crippen LogP contribution in [0.5, 0.6) is 0 Å². The van der Waals surface area contributed by atoms with Gasteiger partial charge >= 0.3 is 12.4 Å². The van der Waals surface area contributed by atoms with Gasteiger partial charge in [0, 0.05) is 69.0 Å². The minimum Gasteiger partial charge on any atom is -0.358 e. The van der Waals surface area contributed by atoms with Gasteiger partial charge in [0.1, 0.15) is 0 Å². The summed E-state index contributed by atoms with van der Waals surface area (Å²) >= 11 is 0. The van der Waals surface area contributed by atoms with Crippen LogP contribution in [0.1, 0.15) is 27.2 Å². The molecule has 2 aromatic carbocycles. The van der Waals surface area contributed by atoms with E-state index >= 15 is 0 Å². The normalized spacial score (nSPS) is 19.6. The van der Waals surface area contributed by atoms with Crippen molar-refractivity contribution in [2.45, 2.75) is 24.8 Å². The molecule has 2 aliphatic rings. The van der Waals surface area contributed by atoms with Crippen LogP contribution in [0.25, 0.3) is 10.9 Å². The standard InChI is InChI=1S/C29H32F6N6O2/c1-38-6-9-40(10-7-38)37-26(42)18-39-8-11-41(24(17-39)16-23-14-19-4-2-3-5-25(19)36-23)27(43)20-12-21(28(30,31)32)15-22(13-20)29(33,34)35/h2-5,12-15,24,36H,6-11,16-18H2,1H3,(H,37,42)/t24-/m1/s1. The van der Waals surface area contributed by atoms with Crippen LogP contribution in [0.4, 0.5) is 26.3 Å². The maximum atomic E-state index is 13.6. The summed E-state index contributed by atoms with van der Waals surface area (Å²) in [6, 6.07) is 9.69. The van der Waals surface area contributed by atoms with Crippen LogP contribution in [0.15, 0.2) is 48.5 Å². The molecule has 3 aromatic rings. The summed E-state index contributed by atoms with van der Waals surface area (Å²) in [7, 11) is 2.00. The highest BCUT2D eigenvalue weighted by molar-refractivity contribution is 5.95. The highest BCUT2D eigenvalue weighted by atomic mass is 19.4. The van der Waals surface area contributed by atoms with Crippen LogP contribution < -0.4 is 5.43 Å². The Hall–Kier alpha value is -3.62. The number of hydrogen-bond donors (Lipinski definition) is 2. The minimum atomic E-state index is -5.07. The van der Waals surface area contributed by atoms with E-state index in [9.17, 15) is 35.9 Å². The number of halogens is 6. The molecule has 2 amide bonds.